The lowest BCUT2D eigenvalue weighted by Gasteiger charge is -2.26. The molecule has 1 aliphatic rings. The summed E-state index contributed by atoms with van der Waals surface area (Å²) < 4.78 is 1.03. The summed E-state index contributed by atoms with van der Waals surface area (Å²) in [4.78, 5) is 11.5. The van der Waals surface area contributed by atoms with E-state index in [0.717, 1.165) is 41.5 Å². The molecule has 2 aromatic carbocycles. The largest absolute Gasteiger partial charge is 0.481 e. The van der Waals surface area contributed by atoms with E-state index in [4.69, 9.17) is 0 Å². The number of hydrogen-bond donors (Lipinski definition) is 2. The van der Waals surface area contributed by atoms with Gasteiger partial charge in [0.1, 0.15) is 0 Å². The molecule has 0 heterocycles. The Morgan fingerprint density at radius 2 is 1.93 bits per heavy atom. The van der Waals surface area contributed by atoms with Crippen molar-refractivity contribution in [1.29, 1.82) is 0 Å². The Labute approximate surface area is 186 Å². The van der Waals surface area contributed by atoms with E-state index in [2.05, 4.69) is 34.1 Å². The first-order valence-corrected chi connectivity index (χ1v) is 12.0. The van der Waals surface area contributed by atoms with Crippen molar-refractivity contribution < 1.29 is 15.0 Å². The molecule has 0 amide bonds. The fourth-order valence-electron chi connectivity index (χ4n) is 4.09. The Morgan fingerprint density at radius 3 is 2.55 bits per heavy atom. The Morgan fingerprint density at radius 1 is 1.21 bits per heavy atom. The van der Waals surface area contributed by atoms with Crippen LogP contribution in [-0.4, -0.2) is 21.9 Å². The molecule has 0 aromatic heterocycles. The average molecular weight is 477 g/mol. The van der Waals surface area contributed by atoms with Crippen molar-refractivity contribution in [3.63, 3.8) is 0 Å². The third-order valence-electron chi connectivity index (χ3n) is 5.65. The van der Waals surface area contributed by atoms with Gasteiger partial charge in [0, 0.05) is 9.72 Å². The predicted octanol–water partition coefficient (Wildman–Crippen LogP) is 6.34. The molecule has 1 saturated carbocycles. The second kappa shape index (κ2) is 9.23. The second-order valence-corrected chi connectivity index (χ2v) is 10.7. The quantitative estimate of drug-likeness (QED) is 0.392. The zero-order chi connectivity index (χ0) is 21.1. The lowest BCUT2D eigenvalue weighted by molar-refractivity contribution is -0.138. The molecule has 3 rings (SSSR count). The molecule has 5 heteroatoms. The summed E-state index contributed by atoms with van der Waals surface area (Å²) in [6.07, 6.45) is 4.09. The minimum Gasteiger partial charge on any atom is -0.481 e. The summed E-state index contributed by atoms with van der Waals surface area (Å²) in [5, 5.41) is 20.0. The Kier molecular flexibility index (Phi) is 7.13. The van der Waals surface area contributed by atoms with Gasteiger partial charge < -0.3 is 10.2 Å². The molecule has 0 unspecified atom stereocenters. The van der Waals surface area contributed by atoms with Crippen LogP contribution in [0.15, 0.2) is 53.0 Å². The van der Waals surface area contributed by atoms with E-state index in [9.17, 15) is 15.0 Å². The highest BCUT2D eigenvalue weighted by Gasteiger charge is 2.51. The molecule has 29 heavy (non-hydrogen) atoms. The fraction of sp³-hybridized carbons (Fsp3) is 0.458. The van der Waals surface area contributed by atoms with Gasteiger partial charge in [-0.15, -0.1) is 0 Å². The fourth-order valence-corrected chi connectivity index (χ4v) is 6.06. The number of aryl methyl sites for hydroxylation is 1. The van der Waals surface area contributed by atoms with Crippen LogP contribution in [-0.2, 0) is 16.8 Å². The molecule has 0 aliphatic heterocycles. The Balaban J connectivity index is 1.68. The van der Waals surface area contributed by atoms with E-state index in [1.165, 1.54) is 11.1 Å². The number of aliphatic carboxylic acids is 1. The molecule has 2 N–H and O–H groups in total. The zero-order valence-corrected chi connectivity index (χ0v) is 19.4. The van der Waals surface area contributed by atoms with Crippen LogP contribution in [0.3, 0.4) is 0 Å². The maximum atomic E-state index is 11.5. The number of halogens is 1. The lowest BCUT2D eigenvalue weighted by Crippen LogP contribution is -2.18. The summed E-state index contributed by atoms with van der Waals surface area (Å²) in [6, 6.07) is 16.4. The van der Waals surface area contributed by atoms with Gasteiger partial charge in [-0.1, -0.05) is 52.3 Å². The van der Waals surface area contributed by atoms with Crippen molar-refractivity contribution in [3.8, 4) is 0 Å². The SMILES string of the molecule is CC(C)(O)c1ccccc1CCCS[C@@H](c1cccc(Br)c1)C1(CC(=O)O)CC1. The van der Waals surface area contributed by atoms with Crippen molar-refractivity contribution in [2.45, 2.75) is 56.8 Å². The average Bonchev–Trinajstić information content (AvgIpc) is 3.40. The van der Waals surface area contributed by atoms with E-state index in [-0.39, 0.29) is 17.1 Å². The number of thioether (sulfide) groups is 1. The van der Waals surface area contributed by atoms with Gasteiger partial charge in [0.05, 0.1) is 12.0 Å². The first-order valence-electron chi connectivity index (χ1n) is 10.1. The summed E-state index contributed by atoms with van der Waals surface area (Å²) in [7, 11) is 0. The molecule has 1 fully saturated rings. The first kappa shape index (κ1) is 22.4. The maximum absolute atomic E-state index is 11.5. The minimum atomic E-state index is -0.845. The van der Waals surface area contributed by atoms with Gasteiger partial charge in [0.15, 0.2) is 0 Å². The monoisotopic (exact) mass is 476 g/mol. The highest BCUT2D eigenvalue weighted by molar-refractivity contribution is 9.10. The number of benzene rings is 2. The van der Waals surface area contributed by atoms with Gasteiger partial charge in [-0.3, -0.25) is 4.79 Å². The molecular formula is C24H29BrO3S. The second-order valence-electron chi connectivity index (χ2n) is 8.56. The Hall–Kier alpha value is -1.30. The van der Waals surface area contributed by atoms with E-state index in [0.29, 0.717) is 0 Å². The first-order chi connectivity index (χ1) is 13.7. The lowest BCUT2D eigenvalue weighted by atomic mass is 9.91. The third kappa shape index (κ3) is 5.87. The Bertz CT molecular complexity index is 855. The number of carbonyl (C=O) groups is 1. The van der Waals surface area contributed by atoms with Gasteiger partial charge in [0.2, 0.25) is 0 Å². The zero-order valence-electron chi connectivity index (χ0n) is 17.0. The summed E-state index contributed by atoms with van der Waals surface area (Å²) in [5.41, 5.74) is 2.41. The van der Waals surface area contributed by atoms with Crippen LogP contribution in [0.1, 0.15) is 61.5 Å². The predicted molar refractivity (Wildman–Crippen MR) is 123 cm³/mol. The number of hydrogen-bond acceptors (Lipinski definition) is 3. The smallest absolute Gasteiger partial charge is 0.303 e. The van der Waals surface area contributed by atoms with Crippen molar-refractivity contribution in [2.75, 3.05) is 5.75 Å². The minimum absolute atomic E-state index is 0.123. The number of carboxylic acids is 1. The van der Waals surface area contributed by atoms with Crippen LogP contribution in [0.4, 0.5) is 0 Å². The summed E-state index contributed by atoms with van der Waals surface area (Å²) in [5.74, 6) is 0.251. The highest BCUT2D eigenvalue weighted by atomic mass is 79.9. The molecular weight excluding hydrogens is 448 g/mol. The molecule has 0 saturated heterocycles. The molecule has 2 aromatic rings. The number of aliphatic hydroxyl groups is 1. The molecule has 1 atom stereocenters. The van der Waals surface area contributed by atoms with Gasteiger partial charge in [-0.2, -0.15) is 11.8 Å². The standard InChI is InChI=1S/C24H29BrO3S/c1-23(2,28)20-11-4-3-7-17(20)9-6-14-29-22(18-8-5-10-19(25)15-18)24(12-13-24)16-21(26)27/h3-5,7-8,10-11,15,22,28H,6,9,12-14,16H2,1-2H3,(H,26,27)/t22-/m0/s1. The van der Waals surface area contributed by atoms with Gasteiger partial charge in [0.25, 0.3) is 0 Å². The molecule has 0 spiro atoms. The molecule has 1 aliphatic carbocycles. The van der Waals surface area contributed by atoms with Crippen LogP contribution in [0.25, 0.3) is 0 Å². The van der Waals surface area contributed by atoms with Crippen LogP contribution >= 0.6 is 27.7 Å². The van der Waals surface area contributed by atoms with E-state index in [1.807, 2.05) is 55.9 Å². The van der Waals surface area contributed by atoms with Crippen molar-refractivity contribution >= 4 is 33.7 Å². The molecule has 0 radical (unpaired) electrons. The maximum Gasteiger partial charge on any atom is 0.303 e. The van der Waals surface area contributed by atoms with Crippen molar-refractivity contribution in [2.24, 2.45) is 5.41 Å². The molecule has 156 valence electrons. The van der Waals surface area contributed by atoms with Crippen LogP contribution in [0.2, 0.25) is 0 Å². The highest BCUT2D eigenvalue weighted by Crippen LogP contribution is 2.62. The van der Waals surface area contributed by atoms with Crippen molar-refractivity contribution in [1.82, 2.24) is 0 Å². The van der Waals surface area contributed by atoms with Gasteiger partial charge >= 0.3 is 5.97 Å². The van der Waals surface area contributed by atoms with Gasteiger partial charge in [-0.25, -0.2) is 0 Å². The van der Waals surface area contributed by atoms with Gasteiger partial charge in [-0.05, 0) is 79.5 Å². The normalized spacial score (nSPS) is 16.4. The van der Waals surface area contributed by atoms with Crippen LogP contribution in [0.5, 0.6) is 0 Å². The number of rotatable bonds is 10. The van der Waals surface area contributed by atoms with E-state index in [1.54, 1.807) is 0 Å². The topological polar surface area (TPSA) is 57.5 Å². The van der Waals surface area contributed by atoms with E-state index < -0.39 is 11.6 Å². The van der Waals surface area contributed by atoms with Crippen molar-refractivity contribution in [3.05, 3.63) is 69.7 Å². The number of carboxylic acid groups (broad SMARTS) is 1. The van der Waals surface area contributed by atoms with Crippen LogP contribution < -0.4 is 0 Å². The third-order valence-corrected chi connectivity index (χ3v) is 7.78. The van der Waals surface area contributed by atoms with Crippen LogP contribution in [0, 0.1) is 5.41 Å². The van der Waals surface area contributed by atoms with E-state index >= 15 is 0 Å². The summed E-state index contributed by atoms with van der Waals surface area (Å²) >= 11 is 5.44. The summed E-state index contributed by atoms with van der Waals surface area (Å²) in [6.45, 7) is 3.65. The molecule has 3 nitrogen and oxygen atoms in total. The molecule has 0 bridgehead atoms.